The number of aromatic nitrogens is 1. The summed E-state index contributed by atoms with van der Waals surface area (Å²) in [5.74, 6) is -0.0471. The molecule has 9 heterocycles. The smallest absolute Gasteiger partial charge is 0.406 e. The Labute approximate surface area is 565 Å². The third-order valence-electron chi connectivity index (χ3n) is 24.3. The van der Waals surface area contributed by atoms with Crippen LogP contribution in [0.2, 0.25) is 0 Å². The summed E-state index contributed by atoms with van der Waals surface area (Å²) in [4.78, 5) is 81.4. The Balaban J connectivity index is 0.000000206. The Morgan fingerprint density at radius 2 is 1.23 bits per heavy atom. The van der Waals surface area contributed by atoms with Crippen LogP contribution in [0.5, 0.6) is 11.5 Å². The Morgan fingerprint density at radius 3 is 1.74 bits per heavy atom. The normalized spacial score (nSPS) is 34.3. The predicted octanol–water partition coefficient (Wildman–Crippen LogP) is 7.64. The highest BCUT2D eigenvalue weighted by Crippen LogP contribution is 2.70. The van der Waals surface area contributed by atoms with Crippen molar-refractivity contribution >= 4 is 52.4 Å². The van der Waals surface area contributed by atoms with Gasteiger partial charge in [0.2, 0.25) is 0 Å². The number of fused-ring (bicyclic) bond motifs is 7. The number of aromatic amines is 1. The van der Waals surface area contributed by atoms with Crippen molar-refractivity contribution in [1.82, 2.24) is 30.3 Å². The number of alkyl carbamates (subject to hydrolysis) is 2. The molecule has 24 heteroatoms. The third kappa shape index (κ3) is 9.99. The minimum atomic E-state index is -1.80. The van der Waals surface area contributed by atoms with Crippen molar-refractivity contribution in [3.05, 3.63) is 118 Å². The van der Waals surface area contributed by atoms with Crippen LogP contribution in [-0.2, 0) is 60.7 Å². The lowest BCUT2D eigenvalue weighted by Crippen LogP contribution is -2.81. The second kappa shape index (κ2) is 25.8. The maximum atomic E-state index is 15.3. The van der Waals surface area contributed by atoms with Gasteiger partial charge < -0.3 is 68.8 Å². The number of hydrogen-bond donors (Lipinski definition) is 5. The number of rotatable bonds is 13. The number of para-hydroxylation sites is 1. The molecule has 524 valence electrons. The van der Waals surface area contributed by atoms with Crippen molar-refractivity contribution in [2.75, 3.05) is 118 Å². The number of nitrogens with zero attached hydrogens (tertiary/aromatic N) is 5. The molecule has 1 aromatic heterocycles. The van der Waals surface area contributed by atoms with Crippen molar-refractivity contribution in [3.8, 4) is 11.5 Å². The largest absolute Gasteiger partial charge is 0.497 e. The highest BCUT2D eigenvalue weighted by Gasteiger charge is 2.80. The topological polar surface area (TPSA) is 246 Å². The summed E-state index contributed by atoms with van der Waals surface area (Å²) in [6.45, 7) is 14.4. The predicted molar refractivity (Wildman–Crippen MR) is 359 cm³/mol. The van der Waals surface area contributed by atoms with E-state index in [9.17, 15) is 29.4 Å². The first-order valence-corrected chi connectivity index (χ1v) is 33.9. The first kappa shape index (κ1) is 69.1. The number of likely N-dealkylation sites (N-methyl/N-ethyl adjacent to an activating group) is 2. The number of esters is 3. The number of halogens is 2. The van der Waals surface area contributed by atoms with Crippen LogP contribution >= 0.6 is 0 Å². The van der Waals surface area contributed by atoms with Gasteiger partial charge in [-0.15, -0.1) is 0 Å². The summed E-state index contributed by atoms with van der Waals surface area (Å²) in [6.07, 6.45) is 12.5. The summed E-state index contributed by atoms with van der Waals surface area (Å²) in [5, 5.41) is 33.0. The quantitative estimate of drug-likeness (QED) is 0.0490. The molecule has 15 atom stereocenters. The standard InChI is InChI=1S/C47H59N5O8.C26H35N3O6.F2/c1-8-29-21-30-24-46(42(54)58-6,38-32(15-19-51(25-29)26-30)31-13-10-11-14-35(31)49-38)34-22-33-36(23-37(34)57-5)50(4)40-45(33)17-20-52-18-12-16-44(9-2,39(45)52)41(60-28(3)53)47(40,56)27-48-43(55)59-7;1-6-24-10-7-12-29-13-11-25(20(24)29)18-9-8-17(33-4)14-19(18)28(3)21(25)26(32,15-27-23(31)34-5)22(24)35-16(2)30;1-2/h10-14,16,21-23,30,39-41,49,56H,8-9,15,17-20,24-27H2,1-7H3,(H,48,55);7-10,14,20-22,32H,6,11-13,15H2,1-5H3,(H,27,31);/t30-,39-,40+,41+,44+,45+,46-,47-;20-,21+,22+,24+,25+,26-;/m00./s1. The van der Waals surface area contributed by atoms with E-state index in [2.05, 4.69) is 122 Å². The zero-order chi connectivity index (χ0) is 69.5. The summed E-state index contributed by atoms with van der Waals surface area (Å²) in [7, 11) is 11.3. The lowest BCUT2D eigenvalue weighted by Gasteiger charge is -2.64. The van der Waals surface area contributed by atoms with Gasteiger partial charge in [-0.1, -0.05) is 81.0 Å². The van der Waals surface area contributed by atoms with Gasteiger partial charge in [0.05, 0.1) is 60.7 Å². The summed E-state index contributed by atoms with van der Waals surface area (Å²) >= 11 is 0. The van der Waals surface area contributed by atoms with E-state index in [1.807, 2.05) is 38.4 Å². The molecule has 2 saturated heterocycles. The van der Waals surface area contributed by atoms with Crippen LogP contribution in [0.25, 0.3) is 10.9 Å². The molecular formula is C73H94F2N8O14. The Kier molecular flexibility index (Phi) is 18.4. The van der Waals surface area contributed by atoms with E-state index in [4.69, 9.17) is 42.3 Å². The summed E-state index contributed by atoms with van der Waals surface area (Å²) in [6, 6.07) is 17.3. The van der Waals surface area contributed by atoms with Crippen LogP contribution < -0.4 is 29.9 Å². The van der Waals surface area contributed by atoms with E-state index < -0.39 is 86.7 Å². The molecule has 0 radical (unpaired) electrons. The van der Waals surface area contributed by atoms with Crippen LogP contribution in [-0.4, -0.2) is 216 Å². The lowest BCUT2D eigenvalue weighted by molar-refractivity contribution is -0.217. The zero-order valence-corrected chi connectivity index (χ0v) is 57.7. The molecule has 2 aliphatic carbocycles. The number of carbonyl (C=O) groups is 5. The van der Waals surface area contributed by atoms with Crippen molar-refractivity contribution in [3.63, 3.8) is 0 Å². The van der Waals surface area contributed by atoms with E-state index in [1.54, 1.807) is 14.2 Å². The fourth-order valence-electron chi connectivity index (χ4n) is 21.2. The SMILES string of the molecule is CCC1=C[C@@H]2CN(CCc3c([nH]c4ccccc34)[C@@](C(=O)OC)(c3cc4c(cc3OC)N(C)[C@H]3[C@@](O)(CNC(=O)OC)[C@H](OC(C)=O)[C@]5(CC)C=CCN6CC[C@]43[C@@H]65)C2)C1.CC[C@]12C=CCN3CC[C@@]4(c5ccc(OC)cc5N(C)[C@H]4[C@@](O)(CNC(=O)OC)[C@@H]1OC(C)=O)[C@@H]32.FF. The molecule has 8 aliphatic heterocycles. The average molecular weight is 1350 g/mol. The van der Waals surface area contributed by atoms with Crippen LogP contribution in [0.15, 0.2) is 90.6 Å². The number of amides is 2. The molecule has 2 saturated carbocycles. The molecule has 22 nitrogen and oxygen atoms in total. The number of nitrogens with one attached hydrogen (secondary N) is 3. The molecule has 3 aromatic carbocycles. The van der Waals surface area contributed by atoms with Crippen molar-refractivity contribution < 1.29 is 76.5 Å². The maximum Gasteiger partial charge on any atom is 0.406 e. The Bertz CT molecular complexity index is 3850. The van der Waals surface area contributed by atoms with Gasteiger partial charge in [0, 0.05) is 149 Å². The van der Waals surface area contributed by atoms with Gasteiger partial charge in [-0.2, -0.15) is 0 Å². The molecule has 5 N–H and O–H groups in total. The van der Waals surface area contributed by atoms with Gasteiger partial charge in [0.25, 0.3) is 0 Å². The Hall–Kier alpha value is -7.77. The average Bonchev–Trinajstić information content (AvgIpc) is 1.52. The fraction of sp³-hybridized carbons (Fsp3) is 0.575. The number of benzene rings is 3. The number of hydrogen-bond acceptors (Lipinski definition) is 19. The molecule has 2 spiro atoms. The van der Waals surface area contributed by atoms with E-state index in [-0.39, 0.29) is 37.1 Å². The van der Waals surface area contributed by atoms with Gasteiger partial charge in [0.1, 0.15) is 40.3 Å². The molecule has 4 aromatic rings. The van der Waals surface area contributed by atoms with Crippen LogP contribution in [0.3, 0.4) is 0 Å². The van der Waals surface area contributed by atoms with Crippen molar-refractivity contribution in [1.29, 1.82) is 0 Å². The second-order valence-corrected chi connectivity index (χ2v) is 28.3. The van der Waals surface area contributed by atoms with Crippen LogP contribution in [0.1, 0.15) is 101 Å². The summed E-state index contributed by atoms with van der Waals surface area (Å²) < 4.78 is 56.2. The maximum absolute atomic E-state index is 15.3. The Morgan fingerprint density at radius 1 is 0.670 bits per heavy atom. The highest BCUT2D eigenvalue weighted by molar-refractivity contribution is 5.94. The first-order valence-electron chi connectivity index (χ1n) is 33.9. The number of aliphatic hydroxyl groups is 2. The number of ether oxygens (including phenoxy) is 7. The molecule has 97 heavy (non-hydrogen) atoms. The number of anilines is 2. The van der Waals surface area contributed by atoms with Gasteiger partial charge in [0.15, 0.2) is 0 Å². The van der Waals surface area contributed by atoms with Gasteiger partial charge in [-0.25, -0.2) is 9.59 Å². The van der Waals surface area contributed by atoms with Gasteiger partial charge in [-0.3, -0.25) is 29.1 Å². The summed E-state index contributed by atoms with van der Waals surface area (Å²) in [5.41, 5.74) is 1.49. The molecule has 1 unspecified atom stereocenters. The minimum absolute atomic E-state index is 0.00912. The molecule has 2 bridgehead atoms. The number of methoxy groups -OCH3 is 5. The van der Waals surface area contributed by atoms with Crippen molar-refractivity contribution in [2.45, 2.75) is 143 Å². The number of carbonyl (C=O) groups excluding carboxylic acids is 5. The third-order valence-corrected chi connectivity index (χ3v) is 24.3. The van der Waals surface area contributed by atoms with E-state index in [0.717, 1.165) is 109 Å². The molecule has 2 amide bonds. The molecule has 4 fully saturated rings. The first-order chi connectivity index (χ1) is 46.5. The van der Waals surface area contributed by atoms with Crippen LogP contribution in [0.4, 0.5) is 30.1 Å². The minimum Gasteiger partial charge on any atom is -0.497 e. The molecule has 10 aliphatic rings. The number of H-pyrrole nitrogens is 1. The van der Waals surface area contributed by atoms with Gasteiger partial charge in [-0.05, 0) is 98.8 Å². The fourth-order valence-corrected chi connectivity index (χ4v) is 21.2. The van der Waals surface area contributed by atoms with Gasteiger partial charge >= 0.3 is 30.1 Å². The zero-order valence-electron chi connectivity index (χ0n) is 57.7. The second-order valence-electron chi connectivity index (χ2n) is 28.3. The van der Waals surface area contributed by atoms with Crippen molar-refractivity contribution in [2.24, 2.45) is 16.7 Å². The highest BCUT2D eigenvalue weighted by atomic mass is 20.0. The van der Waals surface area contributed by atoms with E-state index in [0.29, 0.717) is 43.5 Å². The monoisotopic (exact) mass is 1340 g/mol. The van der Waals surface area contributed by atoms with Crippen LogP contribution in [0, 0.1) is 16.7 Å². The molecule has 14 rings (SSSR count). The van der Waals surface area contributed by atoms with E-state index >= 15 is 4.79 Å². The molecular weight excluding hydrogens is 1250 g/mol. The lowest BCUT2D eigenvalue weighted by atomic mass is 9.47. The van der Waals surface area contributed by atoms with E-state index in [1.165, 1.54) is 40.7 Å².